The van der Waals surface area contributed by atoms with Crippen LogP contribution in [0.5, 0.6) is 5.75 Å². The van der Waals surface area contributed by atoms with Crippen molar-refractivity contribution < 1.29 is 14.3 Å². The van der Waals surface area contributed by atoms with E-state index in [2.05, 4.69) is 15.6 Å². The number of benzene rings is 2. The summed E-state index contributed by atoms with van der Waals surface area (Å²) in [5.41, 5.74) is 9.63. The lowest BCUT2D eigenvalue weighted by Crippen LogP contribution is -2.56. The summed E-state index contributed by atoms with van der Waals surface area (Å²) in [6, 6.07) is 13.3. The van der Waals surface area contributed by atoms with E-state index in [0.717, 1.165) is 22.4 Å². The van der Waals surface area contributed by atoms with Crippen LogP contribution in [-0.2, 0) is 0 Å². The van der Waals surface area contributed by atoms with Crippen molar-refractivity contribution in [1.29, 1.82) is 0 Å². The van der Waals surface area contributed by atoms with Gasteiger partial charge in [0.2, 0.25) is 0 Å². The van der Waals surface area contributed by atoms with Crippen molar-refractivity contribution in [2.45, 2.75) is 19.4 Å². The largest absolute Gasteiger partial charge is 0.490 e. The summed E-state index contributed by atoms with van der Waals surface area (Å²) in [4.78, 5) is 33.0. The smallest absolute Gasteiger partial charge is 0.274 e. The number of thiazole rings is 1. The van der Waals surface area contributed by atoms with E-state index in [-0.39, 0.29) is 17.9 Å². The topological polar surface area (TPSA) is 110 Å². The number of hydrogen-bond acceptors (Lipinski definition) is 7. The molecule has 33 heavy (non-hydrogen) atoms. The van der Waals surface area contributed by atoms with Crippen molar-refractivity contribution in [2.75, 3.05) is 37.3 Å². The first-order chi connectivity index (χ1) is 16.0. The molecule has 1 saturated heterocycles. The number of aromatic nitrogens is 1. The maximum atomic E-state index is 13.3. The minimum atomic E-state index is -0.192. The molecule has 1 atom stereocenters. The number of nitrogens with one attached hydrogen (secondary N) is 2. The third kappa shape index (κ3) is 4.11. The van der Waals surface area contributed by atoms with Crippen LogP contribution in [0.15, 0.2) is 42.5 Å². The number of amides is 2. The molecule has 0 unspecified atom stereocenters. The number of nitrogens with zero attached hydrogens (tertiary/aromatic N) is 2. The highest BCUT2D eigenvalue weighted by atomic mass is 32.1. The number of para-hydroxylation sites is 1. The second-order valence-electron chi connectivity index (χ2n) is 8.20. The molecule has 8 nitrogen and oxygen atoms in total. The molecule has 3 heterocycles. The summed E-state index contributed by atoms with van der Waals surface area (Å²) < 4.78 is 5.62. The number of rotatable bonds is 5. The quantitative estimate of drug-likeness (QED) is 0.536. The first-order valence-corrected chi connectivity index (χ1v) is 11.7. The molecule has 5 rings (SSSR count). The number of likely N-dealkylation sites (tertiary alicyclic amines) is 1. The van der Waals surface area contributed by atoms with E-state index in [1.54, 1.807) is 17.0 Å². The predicted molar refractivity (Wildman–Crippen MR) is 129 cm³/mol. The van der Waals surface area contributed by atoms with Gasteiger partial charge in [0.15, 0.2) is 5.13 Å². The molecule has 2 aliphatic heterocycles. The molecule has 3 aromatic rings. The summed E-state index contributed by atoms with van der Waals surface area (Å²) >= 11 is 1.32. The van der Waals surface area contributed by atoms with Gasteiger partial charge in [-0.2, -0.15) is 0 Å². The molecular weight excluding hydrogens is 438 g/mol. The molecular formula is C24H25N5O3S. The number of hydrogen-bond donors (Lipinski definition) is 3. The summed E-state index contributed by atoms with van der Waals surface area (Å²) in [6.45, 7) is 4.23. The van der Waals surface area contributed by atoms with Crippen LogP contribution in [0, 0.1) is 6.92 Å². The summed E-state index contributed by atoms with van der Waals surface area (Å²) in [6.07, 6.45) is 0.819. The van der Waals surface area contributed by atoms with Gasteiger partial charge in [0.05, 0.1) is 22.2 Å². The van der Waals surface area contributed by atoms with Gasteiger partial charge in [0, 0.05) is 19.6 Å². The van der Waals surface area contributed by atoms with Gasteiger partial charge in [-0.1, -0.05) is 47.2 Å². The van der Waals surface area contributed by atoms with Gasteiger partial charge in [-0.15, -0.1) is 0 Å². The predicted octanol–water partition coefficient (Wildman–Crippen LogP) is 3.15. The van der Waals surface area contributed by atoms with E-state index >= 15 is 0 Å². The molecule has 170 valence electrons. The number of carbonyl (C=O) groups excluding carboxylic acids is 2. The van der Waals surface area contributed by atoms with Crippen molar-refractivity contribution in [3.63, 3.8) is 0 Å². The van der Waals surface area contributed by atoms with Crippen LogP contribution in [0.4, 0.5) is 10.8 Å². The molecule has 0 radical (unpaired) electrons. The Kier molecular flexibility index (Phi) is 5.63. The fraction of sp³-hybridized carbons (Fsp3) is 0.292. The Balaban J connectivity index is 1.28. The van der Waals surface area contributed by atoms with Gasteiger partial charge in [-0.25, -0.2) is 4.98 Å². The number of anilines is 2. The van der Waals surface area contributed by atoms with E-state index < -0.39 is 0 Å². The molecule has 0 bridgehead atoms. The van der Waals surface area contributed by atoms with Crippen LogP contribution < -0.4 is 21.1 Å². The van der Waals surface area contributed by atoms with Crippen molar-refractivity contribution in [1.82, 2.24) is 15.2 Å². The SMILES string of the molecule is Cc1cccc(-c2sc(N)nc2C(=O)N2CC[C@@H]2CNC(=O)c2cccc3c2NCCO3)c1. The minimum Gasteiger partial charge on any atom is -0.490 e. The average Bonchev–Trinajstić information content (AvgIpc) is 3.20. The lowest BCUT2D eigenvalue weighted by Gasteiger charge is -2.40. The third-order valence-corrected chi connectivity index (χ3v) is 6.90. The minimum absolute atomic E-state index is 0.0847. The molecule has 1 fully saturated rings. The van der Waals surface area contributed by atoms with E-state index in [0.29, 0.717) is 54.1 Å². The van der Waals surface area contributed by atoms with Crippen molar-refractivity contribution in [3.8, 4) is 16.2 Å². The van der Waals surface area contributed by atoms with Gasteiger partial charge in [-0.3, -0.25) is 9.59 Å². The molecule has 0 aliphatic carbocycles. The lowest BCUT2D eigenvalue weighted by atomic mass is 10.0. The zero-order valence-electron chi connectivity index (χ0n) is 18.3. The van der Waals surface area contributed by atoms with Gasteiger partial charge in [-0.05, 0) is 31.0 Å². The van der Waals surface area contributed by atoms with E-state index in [4.69, 9.17) is 10.5 Å². The zero-order valence-corrected chi connectivity index (χ0v) is 19.1. The number of nitrogens with two attached hydrogens (primary N) is 1. The van der Waals surface area contributed by atoms with Gasteiger partial charge < -0.3 is 26.0 Å². The Labute approximate surface area is 195 Å². The van der Waals surface area contributed by atoms with Gasteiger partial charge >= 0.3 is 0 Å². The normalized spacial score (nSPS) is 16.8. The van der Waals surface area contributed by atoms with Crippen LogP contribution in [-0.4, -0.2) is 54.0 Å². The Morgan fingerprint density at radius 3 is 2.94 bits per heavy atom. The summed E-state index contributed by atoms with van der Waals surface area (Å²) in [7, 11) is 0. The van der Waals surface area contributed by atoms with E-state index in [9.17, 15) is 9.59 Å². The number of carbonyl (C=O) groups is 2. The molecule has 0 saturated carbocycles. The molecule has 2 amide bonds. The fourth-order valence-corrected chi connectivity index (χ4v) is 5.01. The third-order valence-electron chi connectivity index (χ3n) is 5.96. The van der Waals surface area contributed by atoms with Crippen LogP contribution >= 0.6 is 11.3 Å². The molecule has 0 spiro atoms. The van der Waals surface area contributed by atoms with Gasteiger partial charge in [0.1, 0.15) is 18.1 Å². The number of nitrogen functional groups attached to an aromatic ring is 1. The molecule has 1 aromatic heterocycles. The molecule has 2 aliphatic rings. The van der Waals surface area contributed by atoms with Crippen molar-refractivity contribution in [2.24, 2.45) is 0 Å². The fourth-order valence-electron chi connectivity index (χ4n) is 4.19. The highest BCUT2D eigenvalue weighted by Gasteiger charge is 2.35. The number of ether oxygens (including phenoxy) is 1. The van der Waals surface area contributed by atoms with Crippen LogP contribution in [0.1, 0.15) is 32.8 Å². The monoisotopic (exact) mass is 463 g/mol. The first kappa shape index (κ1) is 21.3. The highest BCUT2D eigenvalue weighted by molar-refractivity contribution is 7.19. The number of aryl methyl sites for hydroxylation is 1. The zero-order chi connectivity index (χ0) is 22.9. The van der Waals surface area contributed by atoms with E-state index in [1.807, 2.05) is 37.3 Å². The Morgan fingerprint density at radius 1 is 1.30 bits per heavy atom. The highest BCUT2D eigenvalue weighted by Crippen LogP contribution is 2.35. The Hall–Kier alpha value is -3.59. The Morgan fingerprint density at radius 2 is 2.15 bits per heavy atom. The van der Waals surface area contributed by atoms with Crippen molar-refractivity contribution in [3.05, 3.63) is 59.3 Å². The van der Waals surface area contributed by atoms with Gasteiger partial charge in [0.25, 0.3) is 11.8 Å². The molecule has 2 aromatic carbocycles. The lowest BCUT2D eigenvalue weighted by molar-refractivity contribution is 0.0451. The number of fused-ring (bicyclic) bond motifs is 1. The standard InChI is InChI=1S/C24H25N5O3S/c1-14-4-2-5-15(12-14)21-20(28-24(25)33-21)23(31)29-10-8-16(29)13-27-22(30)17-6-3-7-18-19(17)26-9-11-32-18/h2-7,12,16,26H,8-11,13H2,1H3,(H2,25,28)(H,27,30)/t16-/m1/s1. The van der Waals surface area contributed by atoms with Crippen LogP contribution in [0.3, 0.4) is 0 Å². The maximum absolute atomic E-state index is 13.3. The molecule has 4 N–H and O–H groups in total. The Bertz CT molecular complexity index is 1220. The first-order valence-electron chi connectivity index (χ1n) is 10.9. The second kappa shape index (κ2) is 8.74. The van der Waals surface area contributed by atoms with Crippen LogP contribution in [0.25, 0.3) is 10.4 Å². The summed E-state index contributed by atoms with van der Waals surface area (Å²) in [5.74, 6) is 0.332. The average molecular weight is 464 g/mol. The maximum Gasteiger partial charge on any atom is 0.274 e. The molecule has 9 heteroatoms. The van der Waals surface area contributed by atoms with E-state index in [1.165, 1.54) is 11.3 Å². The second-order valence-corrected chi connectivity index (χ2v) is 9.23. The van der Waals surface area contributed by atoms with Crippen molar-refractivity contribution >= 4 is 34.0 Å². The summed E-state index contributed by atoms with van der Waals surface area (Å²) in [5, 5.41) is 6.58. The van der Waals surface area contributed by atoms with Crippen LogP contribution in [0.2, 0.25) is 0 Å².